The van der Waals surface area contributed by atoms with Crippen LogP contribution in [0.25, 0.3) is 50.0 Å². The smallest absolute Gasteiger partial charge is 1.00 e. The summed E-state index contributed by atoms with van der Waals surface area (Å²) in [7, 11) is -3.99. The third kappa shape index (κ3) is 44.7. The molecule has 12 aromatic carbocycles. The van der Waals surface area contributed by atoms with E-state index in [0.29, 0.717) is 40.7 Å². The number of alkyl halides is 7. The van der Waals surface area contributed by atoms with Gasteiger partial charge in [-0.3, -0.25) is 23.6 Å². The number of nitrogens with zero attached hydrogens (tertiary/aromatic N) is 2. The molecule has 1 radical (unpaired) electrons. The number of aliphatic hydroxyl groups is 2. The Kier molecular flexibility index (Phi) is 64.4. The number of thiol groups is 1. The zero-order valence-electron chi connectivity index (χ0n) is 73.2. The molecule has 15 nitrogen and oxygen atoms in total. The van der Waals surface area contributed by atoms with Gasteiger partial charge in [0.25, 0.3) is 6.47 Å². The maximum Gasteiger partial charge on any atom is 1.00 e. The van der Waals surface area contributed by atoms with E-state index in [9.17, 15) is 76.6 Å². The topological polar surface area (TPSA) is 234 Å². The largest absolute Gasteiger partial charge is 1.00 e. The minimum Gasteiger partial charge on any atom is -1.00 e. The Morgan fingerprint density at radius 3 is 1.29 bits per heavy atom. The van der Waals surface area contributed by atoms with Gasteiger partial charge in [0.15, 0.2) is 16.6 Å². The zero-order chi connectivity index (χ0) is 101. The number of carbonyl (C=O) groups is 4. The summed E-state index contributed by atoms with van der Waals surface area (Å²) in [6.07, 6.45) is -10.7. The van der Waals surface area contributed by atoms with E-state index < -0.39 is 47.1 Å². The Bertz CT molecular complexity index is 6480. The summed E-state index contributed by atoms with van der Waals surface area (Å²) in [5.41, 5.74) is 3.43. The first-order valence-corrected chi connectivity index (χ1v) is 49.8. The number of ketones is 1. The molecule has 136 heavy (non-hydrogen) atoms. The maximum absolute atomic E-state index is 12.6. The number of esters is 2. The van der Waals surface area contributed by atoms with Crippen LogP contribution in [0, 0.1) is 32.8 Å². The van der Waals surface area contributed by atoms with Crippen LogP contribution in [0.1, 0.15) is 50.6 Å². The summed E-state index contributed by atoms with van der Waals surface area (Å²) in [5.74, 6) is -6.57. The van der Waals surface area contributed by atoms with E-state index in [4.69, 9.17) is 38.6 Å². The number of hydrogen-bond acceptors (Lipinski definition) is 18. The molecule has 0 aliphatic carbocycles. The van der Waals surface area contributed by atoms with Crippen molar-refractivity contribution in [1.29, 1.82) is 0 Å². The fourth-order valence-corrected chi connectivity index (χ4v) is 19.5. The number of ether oxygens (including phenoxy) is 2. The van der Waals surface area contributed by atoms with Crippen molar-refractivity contribution in [3.8, 4) is 5.75 Å². The Morgan fingerprint density at radius 2 is 0.860 bits per heavy atom. The van der Waals surface area contributed by atoms with Crippen LogP contribution in [0.5, 0.6) is 5.75 Å². The van der Waals surface area contributed by atoms with Crippen LogP contribution in [0.3, 0.4) is 0 Å². The van der Waals surface area contributed by atoms with Crippen LogP contribution in [0.15, 0.2) is 325 Å². The molecule has 0 spiro atoms. The fraction of sp³-hybridized carbons (Fsp3) is 0.121. The summed E-state index contributed by atoms with van der Waals surface area (Å²) in [5, 5.41) is 18.3. The summed E-state index contributed by atoms with van der Waals surface area (Å²) in [6, 6.07) is 72.3. The third-order valence-electron chi connectivity index (χ3n) is 15.4. The van der Waals surface area contributed by atoms with Crippen molar-refractivity contribution in [1.82, 2.24) is 0 Å². The standard InChI is InChI=1S/C14H9BrO3S.C14H9BrOS.C13H7Br2NS.C13H8Br2O2S.C13H6Br2OS.C7H3BrFN.C6H5BrS.C4F6O3.C2H5BF.2C2H6O.CH3F.F2.K.Na.H2O.H/c1-8-2-4-10-13(6-8)19(17,18)12-5-3-9(15)7-11(12)14(10)16;1-8-2-4-10-13(6-8)17-12-5-3-9(15)7-11(12)14(10)16;1-16-12-7-4-10(15)8-13(12)17-11-5-2-9(14)3-6-11;14-9-1-4-11(5-2-9)18-13-7-10(15)3-6-12(13)17-8-16;14-7-2-4-11-10(5-7)13(16)9-3-1-8(15)6-12(9)17-11;1-10-7-3-2-5(8)4-6(7)9;7-5-1-3-6(8)4-2-5;5-3(6,7)1(11)13-2(12)4(8,9)10;1-2-3-4;2*1-2-3;2*1-2;;;;/h2-7H,1H3;2-7H,1H3;2-8H;1-8H;1-6H;2-4H;1-4,8H;;2H2,1H3;2*3H,2H2,1H3;1H3;;;;1H2;/q;;;;;;;;;;;;;2*+1;;-1/p-1/i;;;;;;;;;;;1D;;;;;. The van der Waals surface area contributed by atoms with Gasteiger partial charge in [-0.15, -0.1) is 47.1 Å². The second kappa shape index (κ2) is 67.8. The molecular formula is C91H69BBr10F11KN2NaO13S6. The van der Waals surface area contributed by atoms with Crippen molar-refractivity contribution in [2.45, 2.75) is 87.6 Å². The van der Waals surface area contributed by atoms with Crippen LogP contribution >= 0.6 is 218 Å². The van der Waals surface area contributed by atoms with Crippen molar-refractivity contribution in [2.75, 3.05) is 20.4 Å². The average molecular weight is 2670 g/mol. The second-order valence-corrected chi connectivity index (χ2v) is 40.9. The van der Waals surface area contributed by atoms with Crippen LogP contribution < -0.4 is 96.5 Å². The van der Waals surface area contributed by atoms with Crippen molar-refractivity contribution in [3.63, 3.8) is 0 Å². The molecule has 0 unspecified atom stereocenters. The van der Waals surface area contributed by atoms with Gasteiger partial charge in [-0.1, -0.05) is 214 Å². The molecule has 0 amide bonds. The normalized spacial score (nSPS) is 10.6. The Balaban J connectivity index is 0. The first-order chi connectivity index (χ1) is 63.3. The van der Waals surface area contributed by atoms with E-state index in [1.807, 2.05) is 177 Å². The molecule has 14 aromatic rings. The molecule has 1 aliphatic heterocycles. The SMILES string of the molecule is CCO.CCO.CC[B]F.Cc1ccc2c(=O)c3cc(Br)ccc3sc2c1.Cc1ccc2c(c1)S(=O)(=O)c1ccc(Br)cc1C2=O.FF.O=C(OC(=O)C(F)(F)F)C(F)(F)F.O=COc1ccc(Br)cc1Sc1ccc(Br)cc1.O=c1c2ccc(Br)cc2sc2ccc(Br)cc12.Sc1ccc(Br)cc1.[2H]CF.[C-]#[N+]c1ccc(Br)cc1F.[C-]#[N+]c1ccc(Br)cc1Sc1ccc(Br)cc1.[H-].[K+].[Na+].[OH-]. The van der Waals surface area contributed by atoms with Gasteiger partial charge in [-0.05, 0) is 245 Å². The van der Waals surface area contributed by atoms with Crippen LogP contribution in [-0.2, 0) is 29.0 Å². The maximum atomic E-state index is 12.6. The number of fused-ring (bicyclic) bond motifs is 6. The number of sulfone groups is 1. The molecule has 3 heterocycles. The molecule has 0 fully saturated rings. The summed E-state index contributed by atoms with van der Waals surface area (Å²) in [4.78, 5) is 78.5. The minimum absolute atomic E-state index is 0. The monoisotopic (exact) mass is 2660 g/mol. The predicted molar refractivity (Wildman–Crippen MR) is 551 cm³/mol. The van der Waals surface area contributed by atoms with Crippen molar-refractivity contribution in [2.24, 2.45) is 0 Å². The molecule has 2 aromatic heterocycles. The Morgan fingerprint density at radius 1 is 0.507 bits per heavy atom. The van der Waals surface area contributed by atoms with Crippen molar-refractivity contribution in [3.05, 3.63) is 353 Å². The number of rotatable bonds is 7. The summed E-state index contributed by atoms with van der Waals surface area (Å²) < 4.78 is 168. The molecule has 3 N–H and O–H groups in total. The third-order valence-corrected chi connectivity index (χ3v) is 27.0. The van der Waals surface area contributed by atoms with Crippen molar-refractivity contribution >= 4 is 311 Å². The number of carbonyl (C=O) groups excluding carboxylic acids is 4. The van der Waals surface area contributed by atoms with Gasteiger partial charge in [0.05, 0.1) is 36.4 Å². The van der Waals surface area contributed by atoms with Gasteiger partial charge < -0.3 is 30.9 Å². The number of aliphatic hydroxyl groups excluding tert-OH is 2. The van der Waals surface area contributed by atoms with E-state index in [1.165, 1.54) is 23.8 Å². The summed E-state index contributed by atoms with van der Waals surface area (Å²) >= 11 is 44.1. The molecule has 0 saturated heterocycles. The number of aryl methyl sites for hydroxylation is 2. The fourth-order valence-electron chi connectivity index (χ4n) is 9.80. The molecular weight excluding hydrogens is 2600 g/mol. The molecule has 0 atom stereocenters. The Labute approximate surface area is 949 Å². The quantitative estimate of drug-likeness (QED) is 0.0197. The van der Waals surface area contributed by atoms with E-state index >= 15 is 0 Å². The Hall–Kier alpha value is -4.71. The van der Waals surface area contributed by atoms with E-state index in [1.54, 1.807) is 116 Å². The van der Waals surface area contributed by atoms with Crippen molar-refractivity contribution < 1.29 is 185 Å². The second-order valence-electron chi connectivity index (χ2n) is 24.9. The van der Waals surface area contributed by atoms with Gasteiger partial charge in [0.2, 0.25) is 21.2 Å². The van der Waals surface area contributed by atoms with Crippen LogP contribution in [0.4, 0.5) is 60.0 Å². The number of benzene rings is 12. The van der Waals surface area contributed by atoms with Gasteiger partial charge in [0, 0.05) is 138 Å². The zero-order valence-corrected chi connectivity index (χ0v) is 97.2. The summed E-state index contributed by atoms with van der Waals surface area (Å²) in [6.45, 7) is 23.6. The van der Waals surface area contributed by atoms with Crippen LogP contribution in [-0.4, -0.2) is 88.6 Å². The first-order valence-electron chi connectivity index (χ1n) is 37.4. The number of hydrogen-bond donors (Lipinski definition) is 3. The molecule has 709 valence electrons. The van der Waals surface area contributed by atoms with E-state index in [-0.39, 0.29) is 144 Å². The van der Waals surface area contributed by atoms with Gasteiger partial charge in [-0.25, -0.2) is 32.1 Å². The molecule has 45 heteroatoms. The molecule has 0 saturated carbocycles. The molecule has 1 aliphatic rings. The van der Waals surface area contributed by atoms with E-state index in [0.717, 1.165) is 106 Å². The molecule has 15 rings (SSSR count). The van der Waals surface area contributed by atoms with Crippen LogP contribution in [0.2, 0.25) is 6.32 Å². The molecule has 0 bridgehead atoms. The number of halogens is 21. The minimum atomic E-state index is -5.62. The first kappa shape index (κ1) is 129. The predicted octanol–water partition coefficient (Wildman–Crippen LogP) is 26.8. The van der Waals surface area contributed by atoms with Gasteiger partial charge in [0.1, 0.15) is 11.6 Å². The van der Waals surface area contributed by atoms with Gasteiger partial charge in [-0.2, -0.15) is 26.3 Å². The van der Waals surface area contributed by atoms with E-state index in [2.05, 4.69) is 192 Å². The average Bonchev–Trinajstić information content (AvgIpc) is 0.731. The van der Waals surface area contributed by atoms with Gasteiger partial charge >= 0.3 is 113 Å².